The fourth-order valence-corrected chi connectivity index (χ4v) is 2.68. The highest BCUT2D eigenvalue weighted by atomic mass is 16.5. The van der Waals surface area contributed by atoms with Gasteiger partial charge in [-0.15, -0.1) is 0 Å². The van der Waals surface area contributed by atoms with Crippen LogP contribution < -0.4 is 15.4 Å². The van der Waals surface area contributed by atoms with Gasteiger partial charge in [0.2, 0.25) is 5.91 Å². The third kappa shape index (κ3) is 3.34. The van der Waals surface area contributed by atoms with Crippen LogP contribution in [0.5, 0.6) is 5.75 Å². The number of piperidine rings is 1. The van der Waals surface area contributed by atoms with E-state index in [-0.39, 0.29) is 5.91 Å². The molecule has 2 aromatic carbocycles. The lowest BCUT2D eigenvalue weighted by molar-refractivity contribution is -0.126. The summed E-state index contributed by atoms with van der Waals surface area (Å²) in [6.45, 7) is 0.698. The van der Waals surface area contributed by atoms with E-state index in [0.717, 1.165) is 12.1 Å². The molecule has 2 amide bonds. The molecule has 1 atom stereocenters. The van der Waals surface area contributed by atoms with Gasteiger partial charge >= 0.3 is 0 Å². The number of anilines is 1. The Morgan fingerprint density at radius 2 is 1.78 bits per heavy atom. The van der Waals surface area contributed by atoms with Crippen LogP contribution in [-0.4, -0.2) is 24.5 Å². The van der Waals surface area contributed by atoms with Crippen LogP contribution in [0.3, 0.4) is 0 Å². The van der Waals surface area contributed by atoms with E-state index in [1.165, 1.54) is 0 Å². The summed E-state index contributed by atoms with van der Waals surface area (Å²) in [6, 6.07) is 16.1. The van der Waals surface area contributed by atoms with Gasteiger partial charge in [0.05, 0.1) is 0 Å². The first-order valence-electron chi connectivity index (χ1n) is 7.58. The van der Waals surface area contributed by atoms with Crippen LogP contribution in [0.2, 0.25) is 0 Å². The molecule has 118 valence electrons. The van der Waals surface area contributed by atoms with E-state index in [0.29, 0.717) is 24.3 Å². The number of nitrogens with zero attached hydrogens (tertiary/aromatic N) is 1. The molecule has 0 aliphatic carbocycles. The summed E-state index contributed by atoms with van der Waals surface area (Å²) < 4.78 is 5.81. The van der Waals surface area contributed by atoms with Crippen LogP contribution in [0.25, 0.3) is 0 Å². The number of hydrogen-bond donors (Lipinski definition) is 1. The van der Waals surface area contributed by atoms with Gasteiger partial charge in [0.25, 0.3) is 5.91 Å². The minimum atomic E-state index is -0.511. The molecular formula is C18H18N2O3. The number of hydrogen-bond acceptors (Lipinski definition) is 3. The van der Waals surface area contributed by atoms with E-state index in [1.54, 1.807) is 29.2 Å². The molecule has 5 nitrogen and oxygen atoms in total. The summed E-state index contributed by atoms with van der Waals surface area (Å²) in [7, 11) is 0. The second-order valence-electron chi connectivity index (χ2n) is 5.46. The van der Waals surface area contributed by atoms with E-state index in [9.17, 15) is 9.59 Å². The Morgan fingerprint density at radius 3 is 2.43 bits per heavy atom. The van der Waals surface area contributed by atoms with Gasteiger partial charge in [-0.25, -0.2) is 0 Å². The van der Waals surface area contributed by atoms with Crippen LogP contribution in [-0.2, 0) is 4.79 Å². The van der Waals surface area contributed by atoms with Crippen LogP contribution >= 0.6 is 0 Å². The molecule has 1 saturated heterocycles. The summed E-state index contributed by atoms with van der Waals surface area (Å²) >= 11 is 0. The van der Waals surface area contributed by atoms with Crippen LogP contribution in [0, 0.1) is 0 Å². The van der Waals surface area contributed by atoms with Crippen molar-refractivity contribution in [3.8, 4) is 5.75 Å². The van der Waals surface area contributed by atoms with Gasteiger partial charge in [0, 0.05) is 17.8 Å². The standard InChI is InChI=1S/C18H18N2O3/c19-17(21)13-8-10-15(11-9-13)23-16-7-4-12-20(18(16)22)14-5-2-1-3-6-14/h1-3,5-6,8-11,16H,4,7,12H2,(H2,19,21)/t16-/m1/s1. The lowest BCUT2D eigenvalue weighted by Crippen LogP contribution is -2.46. The van der Waals surface area contributed by atoms with Crippen molar-refractivity contribution < 1.29 is 14.3 Å². The molecule has 0 saturated carbocycles. The van der Waals surface area contributed by atoms with Crippen molar-refractivity contribution in [3.63, 3.8) is 0 Å². The third-order valence-electron chi connectivity index (χ3n) is 3.87. The van der Waals surface area contributed by atoms with Gasteiger partial charge in [-0.05, 0) is 49.2 Å². The summed E-state index contributed by atoms with van der Waals surface area (Å²) in [6.07, 6.45) is 1.05. The minimum absolute atomic E-state index is 0.0403. The first-order valence-corrected chi connectivity index (χ1v) is 7.58. The number of benzene rings is 2. The third-order valence-corrected chi connectivity index (χ3v) is 3.87. The van der Waals surface area contributed by atoms with Gasteiger partial charge < -0.3 is 15.4 Å². The Hall–Kier alpha value is -2.82. The molecular weight excluding hydrogens is 292 g/mol. The van der Waals surface area contributed by atoms with E-state index < -0.39 is 12.0 Å². The zero-order valence-electron chi connectivity index (χ0n) is 12.6. The maximum atomic E-state index is 12.6. The van der Waals surface area contributed by atoms with Crippen molar-refractivity contribution in [2.24, 2.45) is 5.73 Å². The van der Waals surface area contributed by atoms with Crippen LogP contribution in [0.1, 0.15) is 23.2 Å². The van der Waals surface area contributed by atoms with Gasteiger partial charge in [-0.2, -0.15) is 0 Å². The number of carbonyl (C=O) groups is 2. The second-order valence-corrected chi connectivity index (χ2v) is 5.46. The monoisotopic (exact) mass is 310 g/mol. The van der Waals surface area contributed by atoms with Crippen LogP contribution in [0.4, 0.5) is 5.69 Å². The molecule has 1 aliphatic heterocycles. The summed E-state index contributed by atoms with van der Waals surface area (Å²) in [4.78, 5) is 25.5. The summed E-state index contributed by atoms with van der Waals surface area (Å²) in [5.74, 6) is 0.0326. The predicted octanol–water partition coefficient (Wildman–Crippen LogP) is 2.36. The quantitative estimate of drug-likeness (QED) is 0.942. The first kappa shape index (κ1) is 15.1. The molecule has 0 unspecified atom stereocenters. The lowest BCUT2D eigenvalue weighted by Gasteiger charge is -2.32. The molecule has 0 aromatic heterocycles. The molecule has 0 spiro atoms. The molecule has 5 heteroatoms. The molecule has 0 bridgehead atoms. The first-order chi connectivity index (χ1) is 11.1. The summed E-state index contributed by atoms with van der Waals surface area (Å²) in [5, 5.41) is 0. The highest BCUT2D eigenvalue weighted by Gasteiger charge is 2.31. The van der Waals surface area contributed by atoms with Gasteiger partial charge in [-0.3, -0.25) is 9.59 Å². The second kappa shape index (κ2) is 6.52. The largest absolute Gasteiger partial charge is 0.481 e. The summed E-state index contributed by atoms with van der Waals surface area (Å²) in [5.41, 5.74) is 6.51. The predicted molar refractivity (Wildman–Crippen MR) is 87.4 cm³/mol. The molecule has 1 heterocycles. The Labute approximate surface area is 134 Å². The number of nitrogens with two attached hydrogens (primary N) is 1. The number of rotatable bonds is 4. The Bertz CT molecular complexity index is 698. The fraction of sp³-hybridized carbons (Fsp3) is 0.222. The average molecular weight is 310 g/mol. The van der Waals surface area contributed by atoms with E-state index >= 15 is 0 Å². The number of para-hydroxylation sites is 1. The van der Waals surface area contributed by atoms with E-state index in [1.807, 2.05) is 30.3 Å². The Balaban J connectivity index is 1.72. The number of primary amides is 1. The zero-order chi connectivity index (χ0) is 16.2. The highest BCUT2D eigenvalue weighted by molar-refractivity contribution is 5.97. The normalized spacial score (nSPS) is 17.8. The smallest absolute Gasteiger partial charge is 0.268 e. The minimum Gasteiger partial charge on any atom is -0.481 e. The molecule has 1 fully saturated rings. The molecule has 1 aliphatic rings. The fourth-order valence-electron chi connectivity index (χ4n) is 2.68. The molecule has 3 rings (SSSR count). The van der Waals surface area contributed by atoms with Gasteiger partial charge in [0.1, 0.15) is 5.75 Å². The maximum absolute atomic E-state index is 12.6. The van der Waals surface area contributed by atoms with E-state index in [2.05, 4.69) is 0 Å². The van der Waals surface area contributed by atoms with Crippen molar-refractivity contribution in [2.75, 3.05) is 11.4 Å². The van der Waals surface area contributed by atoms with Crippen molar-refractivity contribution in [2.45, 2.75) is 18.9 Å². The molecule has 23 heavy (non-hydrogen) atoms. The molecule has 2 N–H and O–H groups in total. The van der Waals surface area contributed by atoms with Gasteiger partial charge in [-0.1, -0.05) is 18.2 Å². The number of ether oxygens (including phenoxy) is 1. The SMILES string of the molecule is NC(=O)c1ccc(O[C@@H]2CCCN(c3ccccc3)C2=O)cc1. The number of carbonyl (C=O) groups excluding carboxylic acids is 2. The van der Waals surface area contributed by atoms with Crippen molar-refractivity contribution >= 4 is 17.5 Å². The highest BCUT2D eigenvalue weighted by Crippen LogP contribution is 2.24. The zero-order valence-corrected chi connectivity index (χ0v) is 12.6. The van der Waals surface area contributed by atoms with Gasteiger partial charge in [0.15, 0.2) is 6.10 Å². The van der Waals surface area contributed by atoms with Crippen LogP contribution in [0.15, 0.2) is 54.6 Å². The van der Waals surface area contributed by atoms with Crippen molar-refractivity contribution in [3.05, 3.63) is 60.2 Å². The van der Waals surface area contributed by atoms with Crippen molar-refractivity contribution in [1.82, 2.24) is 0 Å². The lowest BCUT2D eigenvalue weighted by atomic mass is 10.1. The molecule has 2 aromatic rings. The van der Waals surface area contributed by atoms with Crippen molar-refractivity contribution in [1.29, 1.82) is 0 Å². The average Bonchev–Trinajstić information content (AvgIpc) is 2.58. The Morgan fingerprint density at radius 1 is 1.09 bits per heavy atom. The van der Waals surface area contributed by atoms with E-state index in [4.69, 9.17) is 10.5 Å². The Kier molecular flexibility index (Phi) is 4.28. The maximum Gasteiger partial charge on any atom is 0.268 e. The molecule has 0 radical (unpaired) electrons. The topological polar surface area (TPSA) is 72.6 Å². The number of amides is 2.